The fourth-order valence-corrected chi connectivity index (χ4v) is 6.91. The highest BCUT2D eigenvalue weighted by molar-refractivity contribution is 7.89. The summed E-state index contributed by atoms with van der Waals surface area (Å²) < 4.78 is 34.3. The molecule has 0 atom stereocenters. The maximum Gasteiger partial charge on any atom is 0.260 e. The molecule has 0 bridgehead atoms. The van der Waals surface area contributed by atoms with E-state index in [1.165, 1.54) is 11.3 Å². The van der Waals surface area contributed by atoms with Crippen molar-refractivity contribution in [2.24, 2.45) is 0 Å². The number of aryl methyl sites for hydroxylation is 1. The van der Waals surface area contributed by atoms with Gasteiger partial charge in [-0.25, -0.2) is 13.4 Å². The zero-order valence-corrected chi connectivity index (χ0v) is 23.0. The van der Waals surface area contributed by atoms with Crippen LogP contribution in [0.25, 0.3) is 10.2 Å². The molecule has 8 nitrogen and oxygen atoms in total. The molecule has 2 aromatic carbocycles. The molecule has 2 heterocycles. The molecule has 0 aliphatic carbocycles. The number of ether oxygens (including phenoxy) is 1. The minimum absolute atomic E-state index is 0.216. The summed E-state index contributed by atoms with van der Waals surface area (Å²) in [5.41, 5.74) is 2.23. The molecule has 1 aromatic heterocycles. The van der Waals surface area contributed by atoms with Gasteiger partial charge in [0, 0.05) is 31.7 Å². The van der Waals surface area contributed by atoms with Crippen LogP contribution in [-0.2, 0) is 10.0 Å². The van der Waals surface area contributed by atoms with Crippen molar-refractivity contribution in [1.82, 2.24) is 14.2 Å². The van der Waals surface area contributed by atoms with Gasteiger partial charge >= 0.3 is 0 Å². The van der Waals surface area contributed by atoms with E-state index in [2.05, 4.69) is 0 Å². The van der Waals surface area contributed by atoms with E-state index >= 15 is 0 Å². The molecule has 1 amide bonds. The second kappa shape index (κ2) is 11.2. The first-order valence-electron chi connectivity index (χ1n) is 12.2. The number of anilines is 1. The summed E-state index contributed by atoms with van der Waals surface area (Å²) in [6.07, 6.45) is 3.87. The van der Waals surface area contributed by atoms with Crippen LogP contribution in [0.1, 0.15) is 41.6 Å². The molecule has 1 aliphatic heterocycles. The van der Waals surface area contributed by atoms with Gasteiger partial charge < -0.3 is 9.64 Å². The van der Waals surface area contributed by atoms with Gasteiger partial charge in [0.15, 0.2) is 5.13 Å². The molecule has 36 heavy (non-hydrogen) atoms. The summed E-state index contributed by atoms with van der Waals surface area (Å²) in [5, 5.41) is 0.589. The second-order valence-corrected chi connectivity index (χ2v) is 12.3. The van der Waals surface area contributed by atoms with Gasteiger partial charge in [0.2, 0.25) is 10.0 Å². The summed E-state index contributed by atoms with van der Waals surface area (Å²) in [4.78, 5) is 22.3. The van der Waals surface area contributed by atoms with Gasteiger partial charge in [-0.05, 0) is 69.8 Å². The zero-order chi connectivity index (χ0) is 25.9. The van der Waals surface area contributed by atoms with E-state index in [0.29, 0.717) is 42.6 Å². The number of aromatic nitrogens is 1. The van der Waals surface area contributed by atoms with Crippen LogP contribution in [0, 0.1) is 6.92 Å². The van der Waals surface area contributed by atoms with Crippen LogP contribution in [0.3, 0.4) is 0 Å². The number of carbonyl (C=O) groups excluding carboxylic acids is 1. The number of likely N-dealkylation sites (N-methyl/N-ethyl adjacent to an activating group) is 1. The lowest BCUT2D eigenvalue weighted by molar-refractivity contribution is 0.0985. The molecule has 0 saturated carbocycles. The first kappa shape index (κ1) is 26.5. The number of sulfonamides is 1. The molecule has 3 aromatic rings. The van der Waals surface area contributed by atoms with E-state index in [4.69, 9.17) is 9.72 Å². The van der Waals surface area contributed by atoms with Crippen molar-refractivity contribution in [3.05, 3.63) is 47.5 Å². The van der Waals surface area contributed by atoms with E-state index in [1.807, 2.05) is 38.1 Å². The minimum Gasteiger partial charge on any atom is -0.494 e. The highest BCUT2D eigenvalue weighted by Gasteiger charge is 2.27. The monoisotopic (exact) mass is 530 g/mol. The lowest BCUT2D eigenvalue weighted by Gasteiger charge is -2.22. The quantitative estimate of drug-likeness (QED) is 0.430. The number of rotatable bonds is 8. The van der Waals surface area contributed by atoms with Crippen molar-refractivity contribution in [2.45, 2.75) is 37.5 Å². The van der Waals surface area contributed by atoms with Crippen LogP contribution in [0.5, 0.6) is 5.75 Å². The Morgan fingerprint density at radius 1 is 1.03 bits per heavy atom. The fourth-order valence-electron chi connectivity index (χ4n) is 4.32. The van der Waals surface area contributed by atoms with Gasteiger partial charge in [0.05, 0.1) is 16.7 Å². The molecular formula is C26H34N4O4S2. The van der Waals surface area contributed by atoms with Gasteiger partial charge in [-0.2, -0.15) is 4.31 Å². The number of carbonyl (C=O) groups is 1. The zero-order valence-electron chi connectivity index (χ0n) is 21.4. The Labute approximate surface area is 217 Å². The minimum atomic E-state index is -3.57. The predicted octanol–water partition coefficient (Wildman–Crippen LogP) is 4.39. The van der Waals surface area contributed by atoms with Crippen molar-refractivity contribution in [3.8, 4) is 5.75 Å². The molecule has 10 heteroatoms. The third-order valence-corrected chi connectivity index (χ3v) is 9.59. The number of benzene rings is 2. The topological polar surface area (TPSA) is 83.0 Å². The Morgan fingerprint density at radius 3 is 2.31 bits per heavy atom. The highest BCUT2D eigenvalue weighted by Crippen LogP contribution is 2.37. The highest BCUT2D eigenvalue weighted by atomic mass is 32.2. The van der Waals surface area contributed by atoms with Crippen molar-refractivity contribution in [3.63, 3.8) is 0 Å². The Kier molecular flexibility index (Phi) is 8.29. The Bertz CT molecular complexity index is 1310. The number of nitrogens with zero attached hydrogens (tertiary/aromatic N) is 4. The molecule has 1 aliphatic rings. The standard InChI is InChI=1S/C26H34N4O4S2/c1-19-9-14-22(34-4)23-24(19)35-26(27-23)30(18-17-28(2)3)25(31)20-10-12-21(13-11-20)36(32,33)29-15-7-5-6-8-16-29/h9-14H,5-8,15-18H2,1-4H3. The van der Waals surface area contributed by atoms with Crippen LogP contribution in [0.4, 0.5) is 5.13 Å². The van der Waals surface area contributed by atoms with Gasteiger partial charge in [-0.1, -0.05) is 30.2 Å². The summed E-state index contributed by atoms with van der Waals surface area (Å²) in [5.74, 6) is 0.451. The summed E-state index contributed by atoms with van der Waals surface area (Å²) >= 11 is 1.46. The third-order valence-electron chi connectivity index (χ3n) is 6.46. The number of amides is 1. The van der Waals surface area contributed by atoms with Gasteiger partial charge in [0.25, 0.3) is 5.91 Å². The Morgan fingerprint density at radius 2 is 1.69 bits per heavy atom. The molecule has 1 fully saturated rings. The van der Waals surface area contributed by atoms with E-state index in [-0.39, 0.29) is 10.8 Å². The number of methoxy groups -OCH3 is 1. The van der Waals surface area contributed by atoms with E-state index < -0.39 is 10.0 Å². The maximum atomic E-state index is 13.7. The van der Waals surface area contributed by atoms with Crippen molar-refractivity contribution < 1.29 is 17.9 Å². The normalized spacial score (nSPS) is 15.2. The first-order chi connectivity index (χ1) is 17.2. The predicted molar refractivity (Wildman–Crippen MR) is 145 cm³/mol. The van der Waals surface area contributed by atoms with Crippen molar-refractivity contribution in [1.29, 1.82) is 0 Å². The average Bonchev–Trinajstić information content (AvgIpc) is 3.11. The SMILES string of the molecule is COc1ccc(C)c2sc(N(CCN(C)C)C(=O)c3ccc(S(=O)(=O)N4CCCCCC4)cc3)nc12. The number of thiazole rings is 1. The van der Waals surface area contributed by atoms with Crippen LogP contribution < -0.4 is 9.64 Å². The summed E-state index contributed by atoms with van der Waals surface area (Å²) in [6, 6.07) is 10.2. The van der Waals surface area contributed by atoms with Crippen molar-refractivity contribution >= 4 is 42.6 Å². The van der Waals surface area contributed by atoms with Gasteiger partial charge in [0.1, 0.15) is 11.3 Å². The summed E-state index contributed by atoms with van der Waals surface area (Å²) in [6.45, 7) is 4.20. The number of hydrogen-bond donors (Lipinski definition) is 0. The Balaban J connectivity index is 1.65. The van der Waals surface area contributed by atoms with E-state index in [0.717, 1.165) is 41.5 Å². The van der Waals surface area contributed by atoms with Gasteiger partial charge in [-0.15, -0.1) is 0 Å². The molecule has 0 N–H and O–H groups in total. The van der Waals surface area contributed by atoms with Crippen LogP contribution in [0.15, 0.2) is 41.3 Å². The molecule has 0 radical (unpaired) electrons. The first-order valence-corrected chi connectivity index (χ1v) is 14.5. The Hall–Kier alpha value is -2.53. The maximum absolute atomic E-state index is 13.7. The molecule has 194 valence electrons. The van der Waals surface area contributed by atoms with Gasteiger partial charge in [-0.3, -0.25) is 9.69 Å². The van der Waals surface area contributed by atoms with E-state index in [9.17, 15) is 13.2 Å². The lowest BCUT2D eigenvalue weighted by Crippen LogP contribution is -2.36. The smallest absolute Gasteiger partial charge is 0.260 e. The fraction of sp³-hybridized carbons (Fsp3) is 0.462. The third kappa shape index (κ3) is 5.56. The lowest BCUT2D eigenvalue weighted by atomic mass is 10.2. The molecular weight excluding hydrogens is 496 g/mol. The average molecular weight is 531 g/mol. The largest absolute Gasteiger partial charge is 0.494 e. The van der Waals surface area contributed by atoms with Crippen LogP contribution in [0.2, 0.25) is 0 Å². The second-order valence-electron chi connectivity index (χ2n) is 9.36. The molecule has 1 saturated heterocycles. The number of fused-ring (bicyclic) bond motifs is 1. The van der Waals surface area contributed by atoms with E-state index in [1.54, 1.807) is 40.6 Å². The molecule has 0 spiro atoms. The van der Waals surface area contributed by atoms with Crippen LogP contribution >= 0.6 is 11.3 Å². The van der Waals surface area contributed by atoms with Crippen molar-refractivity contribution in [2.75, 3.05) is 52.3 Å². The van der Waals surface area contributed by atoms with Crippen LogP contribution in [-0.4, -0.2) is 75.9 Å². The molecule has 4 rings (SSSR count). The summed E-state index contributed by atoms with van der Waals surface area (Å²) in [7, 11) is 1.95. The molecule has 0 unspecified atom stereocenters. The number of hydrogen-bond acceptors (Lipinski definition) is 7.